The maximum atomic E-state index is 12.0. The normalized spacial score (nSPS) is 10.4. The largest absolute Gasteiger partial charge is 0.484 e. The highest BCUT2D eigenvalue weighted by molar-refractivity contribution is 5.92. The molecule has 0 aliphatic rings. The monoisotopic (exact) mass is 284 g/mol. The second-order valence-corrected chi connectivity index (χ2v) is 5.15. The molecule has 0 aromatic heterocycles. The number of nitrogen functional groups attached to an aromatic ring is 1. The lowest BCUT2D eigenvalue weighted by molar-refractivity contribution is -0.118. The Balaban J connectivity index is 1.96. The van der Waals surface area contributed by atoms with Crippen molar-refractivity contribution in [1.82, 2.24) is 0 Å². The number of nitrogens with one attached hydrogen (secondary N) is 1. The van der Waals surface area contributed by atoms with E-state index in [-0.39, 0.29) is 12.5 Å². The van der Waals surface area contributed by atoms with Gasteiger partial charge in [0, 0.05) is 17.4 Å². The molecule has 0 aliphatic carbocycles. The third kappa shape index (κ3) is 4.24. The Kier molecular flexibility index (Phi) is 4.82. The first kappa shape index (κ1) is 14.9. The molecule has 0 saturated heterocycles. The molecule has 0 radical (unpaired) electrons. The Morgan fingerprint density at radius 1 is 1.19 bits per heavy atom. The van der Waals surface area contributed by atoms with Gasteiger partial charge in [0.2, 0.25) is 0 Å². The molecule has 110 valence electrons. The van der Waals surface area contributed by atoms with Crippen LogP contribution in [0.25, 0.3) is 0 Å². The number of benzene rings is 2. The van der Waals surface area contributed by atoms with E-state index in [9.17, 15) is 4.79 Å². The number of anilines is 2. The first-order valence-electron chi connectivity index (χ1n) is 6.93. The molecular formula is C17H20N2O2. The minimum absolute atomic E-state index is 0.0458. The van der Waals surface area contributed by atoms with Crippen molar-refractivity contribution in [2.75, 3.05) is 17.7 Å². The summed E-state index contributed by atoms with van der Waals surface area (Å²) in [7, 11) is 0. The Hall–Kier alpha value is -2.49. The second kappa shape index (κ2) is 6.79. The fourth-order valence-corrected chi connectivity index (χ4v) is 2.05. The van der Waals surface area contributed by atoms with Gasteiger partial charge in [0.25, 0.3) is 5.91 Å². The molecule has 0 fully saturated rings. The topological polar surface area (TPSA) is 64.3 Å². The summed E-state index contributed by atoms with van der Waals surface area (Å²) in [5.74, 6) is 0.740. The third-order valence-corrected chi connectivity index (χ3v) is 3.08. The number of para-hydroxylation sites is 1. The quantitative estimate of drug-likeness (QED) is 0.827. The van der Waals surface area contributed by atoms with Crippen LogP contribution in [0.2, 0.25) is 0 Å². The lowest BCUT2D eigenvalue weighted by Crippen LogP contribution is -2.21. The van der Waals surface area contributed by atoms with Crippen LogP contribution in [0.5, 0.6) is 5.75 Å². The van der Waals surface area contributed by atoms with E-state index in [4.69, 9.17) is 10.5 Å². The van der Waals surface area contributed by atoms with Gasteiger partial charge >= 0.3 is 0 Å². The Morgan fingerprint density at radius 3 is 2.67 bits per heavy atom. The van der Waals surface area contributed by atoms with E-state index in [1.807, 2.05) is 24.3 Å². The van der Waals surface area contributed by atoms with Crippen molar-refractivity contribution in [3.05, 3.63) is 54.1 Å². The van der Waals surface area contributed by atoms with Crippen LogP contribution < -0.4 is 15.8 Å². The van der Waals surface area contributed by atoms with Gasteiger partial charge in [-0.05, 0) is 29.7 Å². The van der Waals surface area contributed by atoms with Crippen molar-refractivity contribution in [2.24, 2.45) is 0 Å². The molecule has 0 atom stereocenters. The van der Waals surface area contributed by atoms with Crippen molar-refractivity contribution >= 4 is 17.3 Å². The molecule has 2 rings (SSSR count). The van der Waals surface area contributed by atoms with Crippen molar-refractivity contribution in [3.8, 4) is 5.75 Å². The van der Waals surface area contributed by atoms with Crippen LogP contribution >= 0.6 is 0 Å². The summed E-state index contributed by atoms with van der Waals surface area (Å²) in [4.78, 5) is 12.0. The zero-order valence-electron chi connectivity index (χ0n) is 12.3. The fraction of sp³-hybridized carbons (Fsp3) is 0.235. The van der Waals surface area contributed by atoms with E-state index >= 15 is 0 Å². The third-order valence-electron chi connectivity index (χ3n) is 3.08. The first-order chi connectivity index (χ1) is 10.1. The molecule has 0 unspecified atom stereocenters. The number of rotatable bonds is 5. The van der Waals surface area contributed by atoms with E-state index in [2.05, 4.69) is 19.2 Å². The summed E-state index contributed by atoms with van der Waals surface area (Å²) < 4.78 is 5.43. The highest BCUT2D eigenvalue weighted by Gasteiger charge is 2.09. The molecule has 3 N–H and O–H groups in total. The van der Waals surface area contributed by atoms with Gasteiger partial charge in [0.15, 0.2) is 6.61 Å². The van der Waals surface area contributed by atoms with Crippen molar-refractivity contribution < 1.29 is 9.53 Å². The van der Waals surface area contributed by atoms with E-state index in [1.165, 1.54) is 0 Å². The van der Waals surface area contributed by atoms with Crippen LogP contribution in [0, 0.1) is 0 Å². The van der Waals surface area contributed by atoms with Crippen molar-refractivity contribution in [3.63, 3.8) is 0 Å². The van der Waals surface area contributed by atoms with Gasteiger partial charge in [-0.15, -0.1) is 0 Å². The van der Waals surface area contributed by atoms with Crippen LogP contribution in [-0.4, -0.2) is 12.5 Å². The summed E-state index contributed by atoms with van der Waals surface area (Å²) in [5.41, 5.74) is 8.20. The number of amides is 1. The molecule has 4 heteroatoms. The number of hydrogen-bond donors (Lipinski definition) is 2. The minimum Gasteiger partial charge on any atom is -0.484 e. The van der Waals surface area contributed by atoms with Gasteiger partial charge in [-0.3, -0.25) is 4.79 Å². The van der Waals surface area contributed by atoms with E-state index in [1.54, 1.807) is 24.3 Å². The van der Waals surface area contributed by atoms with Gasteiger partial charge in [0.05, 0.1) is 0 Å². The number of nitrogens with two attached hydrogens (primary N) is 1. The van der Waals surface area contributed by atoms with Gasteiger partial charge < -0.3 is 15.8 Å². The standard InChI is InChI=1S/C17H20N2O2/c1-12(2)15-8-3-4-9-16(15)19-17(20)11-21-14-7-5-6-13(18)10-14/h3-10,12H,11,18H2,1-2H3,(H,19,20). The number of carbonyl (C=O) groups excluding carboxylic acids is 1. The van der Waals surface area contributed by atoms with Crippen LogP contribution in [0.1, 0.15) is 25.3 Å². The van der Waals surface area contributed by atoms with Crippen LogP contribution in [0.3, 0.4) is 0 Å². The van der Waals surface area contributed by atoms with Crippen LogP contribution in [-0.2, 0) is 4.79 Å². The van der Waals surface area contributed by atoms with E-state index < -0.39 is 0 Å². The molecule has 0 heterocycles. The predicted octanol–water partition coefficient (Wildman–Crippen LogP) is 3.41. The van der Waals surface area contributed by atoms with Crippen LogP contribution in [0.4, 0.5) is 11.4 Å². The summed E-state index contributed by atoms with van der Waals surface area (Å²) in [6.45, 7) is 4.14. The molecular weight excluding hydrogens is 264 g/mol. The van der Waals surface area contributed by atoms with Gasteiger partial charge in [-0.25, -0.2) is 0 Å². The smallest absolute Gasteiger partial charge is 0.262 e. The van der Waals surface area contributed by atoms with Gasteiger partial charge in [-0.1, -0.05) is 38.1 Å². The molecule has 0 saturated carbocycles. The SMILES string of the molecule is CC(C)c1ccccc1NC(=O)COc1cccc(N)c1. The summed E-state index contributed by atoms with van der Waals surface area (Å²) in [6, 6.07) is 14.8. The molecule has 21 heavy (non-hydrogen) atoms. The van der Waals surface area contributed by atoms with Crippen LogP contribution in [0.15, 0.2) is 48.5 Å². The lowest BCUT2D eigenvalue weighted by atomic mass is 10.0. The summed E-state index contributed by atoms with van der Waals surface area (Å²) in [6.07, 6.45) is 0. The molecule has 1 amide bonds. The zero-order valence-corrected chi connectivity index (χ0v) is 12.3. The number of ether oxygens (including phenoxy) is 1. The summed E-state index contributed by atoms with van der Waals surface area (Å²) >= 11 is 0. The van der Waals surface area contributed by atoms with Crippen molar-refractivity contribution in [2.45, 2.75) is 19.8 Å². The van der Waals surface area contributed by atoms with E-state index in [0.29, 0.717) is 17.4 Å². The molecule has 0 spiro atoms. The highest BCUT2D eigenvalue weighted by atomic mass is 16.5. The lowest BCUT2D eigenvalue weighted by Gasteiger charge is -2.14. The first-order valence-corrected chi connectivity index (χ1v) is 6.93. The van der Waals surface area contributed by atoms with Gasteiger partial charge in [0.1, 0.15) is 5.75 Å². The maximum Gasteiger partial charge on any atom is 0.262 e. The average Bonchev–Trinajstić information content (AvgIpc) is 2.45. The molecule has 0 bridgehead atoms. The Labute approximate surface area is 124 Å². The number of hydrogen-bond acceptors (Lipinski definition) is 3. The molecule has 4 nitrogen and oxygen atoms in total. The van der Waals surface area contributed by atoms with Crippen molar-refractivity contribution in [1.29, 1.82) is 0 Å². The number of carbonyl (C=O) groups is 1. The summed E-state index contributed by atoms with van der Waals surface area (Å²) in [5, 5.41) is 2.88. The van der Waals surface area contributed by atoms with Gasteiger partial charge in [-0.2, -0.15) is 0 Å². The molecule has 2 aromatic carbocycles. The highest BCUT2D eigenvalue weighted by Crippen LogP contribution is 2.23. The Bertz CT molecular complexity index is 624. The Morgan fingerprint density at radius 2 is 1.95 bits per heavy atom. The molecule has 2 aromatic rings. The minimum atomic E-state index is -0.189. The predicted molar refractivity (Wildman–Crippen MR) is 85.5 cm³/mol. The fourth-order valence-electron chi connectivity index (χ4n) is 2.05. The van der Waals surface area contributed by atoms with E-state index in [0.717, 1.165) is 11.3 Å². The second-order valence-electron chi connectivity index (χ2n) is 5.15. The molecule has 0 aliphatic heterocycles. The maximum absolute atomic E-state index is 12.0. The zero-order chi connectivity index (χ0) is 15.2. The average molecular weight is 284 g/mol.